The molecule has 13 nitrogen and oxygen atoms in total. The van der Waals surface area contributed by atoms with Gasteiger partial charge >= 0.3 is 0 Å². The lowest BCUT2D eigenvalue weighted by atomic mass is 10.0. The van der Waals surface area contributed by atoms with Gasteiger partial charge in [-0.3, -0.25) is 33.6 Å². The topological polar surface area (TPSA) is 167 Å². The quantitative estimate of drug-likeness (QED) is 0.172. The Hall–Kier alpha value is -2.91. The Morgan fingerprint density at radius 2 is 1.58 bits per heavy atom. The number of nitrogens with one attached hydrogen (secondary N) is 2. The number of imide groups is 2. The molecule has 0 spiro atoms. The van der Waals surface area contributed by atoms with Crippen molar-refractivity contribution in [3.8, 4) is 0 Å². The molecule has 0 aliphatic carbocycles. The summed E-state index contributed by atoms with van der Waals surface area (Å²) in [5, 5.41) is 5.26. The van der Waals surface area contributed by atoms with Gasteiger partial charge in [0.25, 0.3) is 21.9 Å². The van der Waals surface area contributed by atoms with Crippen molar-refractivity contribution in [3.63, 3.8) is 0 Å². The number of carbonyl (C=O) groups is 4. The molecule has 1 saturated heterocycles. The minimum Gasteiger partial charge on any atom is -0.382 e. The van der Waals surface area contributed by atoms with Crippen molar-refractivity contribution >= 4 is 39.4 Å². The van der Waals surface area contributed by atoms with Crippen LogP contribution in [0.4, 0.5) is 5.69 Å². The number of fused-ring (bicyclic) bond motifs is 1. The zero-order valence-corrected chi connectivity index (χ0v) is 20.6. The van der Waals surface area contributed by atoms with Gasteiger partial charge in [-0.05, 0) is 18.6 Å². The lowest BCUT2D eigenvalue weighted by Gasteiger charge is -2.27. The summed E-state index contributed by atoms with van der Waals surface area (Å²) in [6.45, 7) is 2.03. The summed E-state index contributed by atoms with van der Waals surface area (Å²) in [7, 11) is -3.47. The van der Waals surface area contributed by atoms with Crippen molar-refractivity contribution in [2.24, 2.45) is 0 Å². The Kier molecular flexibility index (Phi) is 9.89. The third-order valence-corrected chi connectivity index (χ3v) is 5.89. The van der Waals surface area contributed by atoms with Crippen molar-refractivity contribution < 1.29 is 46.0 Å². The van der Waals surface area contributed by atoms with Crippen molar-refractivity contribution in [1.82, 2.24) is 10.2 Å². The average Bonchev–Trinajstić information content (AvgIpc) is 3.07. The lowest BCUT2D eigenvalue weighted by Crippen LogP contribution is -2.54. The third kappa shape index (κ3) is 7.54. The Bertz CT molecular complexity index is 1090. The standard InChI is InChI=1S/C22H29N3O10S/c1-36(30,31)35-14-13-34-12-11-33-10-9-32-8-7-23-16-4-2-3-15-19(16)22(29)25(21(15)28)17-5-6-18(26)24-20(17)27/h2-4,17,23H,5-14H2,1H3,(H,24,26,27). The first-order valence-electron chi connectivity index (χ1n) is 11.3. The van der Waals surface area contributed by atoms with E-state index >= 15 is 0 Å². The van der Waals surface area contributed by atoms with Crippen LogP contribution in [0.15, 0.2) is 18.2 Å². The van der Waals surface area contributed by atoms with E-state index in [1.54, 1.807) is 12.1 Å². The van der Waals surface area contributed by atoms with Crippen LogP contribution in [-0.2, 0) is 38.1 Å². The largest absolute Gasteiger partial charge is 0.382 e. The highest BCUT2D eigenvalue weighted by molar-refractivity contribution is 7.85. The van der Waals surface area contributed by atoms with E-state index in [2.05, 4.69) is 14.8 Å². The number of ether oxygens (including phenoxy) is 3. The molecular formula is C22H29N3O10S. The molecule has 3 rings (SSSR count). The van der Waals surface area contributed by atoms with Gasteiger partial charge in [-0.15, -0.1) is 0 Å². The molecule has 198 valence electrons. The maximum Gasteiger partial charge on any atom is 0.264 e. The summed E-state index contributed by atoms with van der Waals surface area (Å²) in [6.07, 6.45) is 1.12. The van der Waals surface area contributed by atoms with Crippen LogP contribution >= 0.6 is 0 Å². The molecule has 2 aliphatic heterocycles. The van der Waals surface area contributed by atoms with E-state index in [-0.39, 0.29) is 43.8 Å². The molecule has 1 aromatic rings. The second-order valence-electron chi connectivity index (χ2n) is 7.97. The van der Waals surface area contributed by atoms with Gasteiger partial charge in [0.2, 0.25) is 11.8 Å². The molecule has 0 aromatic heterocycles. The summed E-state index contributed by atoms with van der Waals surface area (Å²) in [4.78, 5) is 50.4. The third-order valence-electron chi connectivity index (χ3n) is 5.30. The van der Waals surface area contributed by atoms with Crippen LogP contribution in [-0.4, -0.2) is 102 Å². The number of carbonyl (C=O) groups excluding carboxylic acids is 4. The Balaban J connectivity index is 1.35. The molecule has 2 N–H and O–H groups in total. The van der Waals surface area contributed by atoms with Crippen LogP contribution in [0.2, 0.25) is 0 Å². The van der Waals surface area contributed by atoms with Crippen LogP contribution in [0.5, 0.6) is 0 Å². The van der Waals surface area contributed by atoms with Crippen LogP contribution in [0, 0.1) is 0 Å². The van der Waals surface area contributed by atoms with E-state index in [0.29, 0.717) is 38.7 Å². The van der Waals surface area contributed by atoms with Crippen LogP contribution in [0.1, 0.15) is 33.6 Å². The van der Waals surface area contributed by atoms with Crippen molar-refractivity contribution in [1.29, 1.82) is 0 Å². The monoisotopic (exact) mass is 527 g/mol. The van der Waals surface area contributed by atoms with E-state index in [4.69, 9.17) is 14.2 Å². The predicted octanol–water partition coefficient (Wildman–Crippen LogP) is -0.474. The van der Waals surface area contributed by atoms with Gasteiger partial charge in [0.1, 0.15) is 6.04 Å². The van der Waals surface area contributed by atoms with E-state index in [1.807, 2.05) is 0 Å². The molecule has 14 heteroatoms. The summed E-state index contributed by atoms with van der Waals surface area (Å²) in [5.41, 5.74) is 0.851. The van der Waals surface area contributed by atoms with E-state index < -0.39 is 39.8 Å². The Labute approximate surface area is 208 Å². The molecule has 0 bridgehead atoms. The van der Waals surface area contributed by atoms with Gasteiger partial charge in [0.15, 0.2) is 0 Å². The molecule has 1 fully saturated rings. The second-order valence-corrected chi connectivity index (χ2v) is 9.61. The van der Waals surface area contributed by atoms with E-state index in [9.17, 15) is 27.6 Å². The maximum atomic E-state index is 13.0. The zero-order chi connectivity index (χ0) is 26.1. The number of rotatable bonds is 15. The number of hydrogen-bond acceptors (Lipinski definition) is 11. The highest BCUT2D eigenvalue weighted by Crippen LogP contribution is 2.32. The number of amides is 4. The zero-order valence-electron chi connectivity index (χ0n) is 19.8. The summed E-state index contributed by atoms with van der Waals surface area (Å²) in [5.74, 6) is -2.22. The molecular weight excluding hydrogens is 498 g/mol. The normalized spacial score (nSPS) is 17.9. The fourth-order valence-corrected chi connectivity index (χ4v) is 4.08. The van der Waals surface area contributed by atoms with Gasteiger partial charge in [0.05, 0.1) is 63.6 Å². The number of hydrogen-bond donors (Lipinski definition) is 2. The SMILES string of the molecule is CS(=O)(=O)OCCOCCOCCOCCNc1cccc2c1C(=O)N(C1CCC(=O)NC1=O)C2=O. The molecule has 4 amide bonds. The number of anilines is 1. The van der Waals surface area contributed by atoms with Gasteiger partial charge < -0.3 is 19.5 Å². The van der Waals surface area contributed by atoms with Gasteiger partial charge in [-0.1, -0.05) is 6.07 Å². The Morgan fingerprint density at radius 3 is 2.22 bits per heavy atom. The molecule has 1 atom stereocenters. The first-order chi connectivity index (χ1) is 17.2. The van der Waals surface area contributed by atoms with Crippen LogP contribution in [0.3, 0.4) is 0 Å². The number of nitrogens with zero attached hydrogens (tertiary/aromatic N) is 1. The fourth-order valence-electron chi connectivity index (χ4n) is 3.71. The van der Waals surface area contributed by atoms with Crippen LogP contribution < -0.4 is 10.6 Å². The number of piperidine rings is 1. The van der Waals surface area contributed by atoms with E-state index in [0.717, 1.165) is 11.2 Å². The minimum absolute atomic E-state index is 0.0473. The number of benzene rings is 1. The Morgan fingerprint density at radius 1 is 0.944 bits per heavy atom. The summed E-state index contributed by atoms with van der Waals surface area (Å²) < 4.78 is 42.1. The first-order valence-corrected chi connectivity index (χ1v) is 13.2. The van der Waals surface area contributed by atoms with Gasteiger partial charge in [-0.2, -0.15) is 8.42 Å². The summed E-state index contributed by atoms with van der Waals surface area (Å²) >= 11 is 0. The minimum atomic E-state index is -3.47. The first kappa shape index (κ1) is 27.7. The molecule has 0 saturated carbocycles. The molecule has 0 radical (unpaired) electrons. The van der Waals surface area contributed by atoms with Crippen molar-refractivity contribution in [3.05, 3.63) is 29.3 Å². The average molecular weight is 528 g/mol. The predicted molar refractivity (Wildman–Crippen MR) is 125 cm³/mol. The van der Waals surface area contributed by atoms with Crippen molar-refractivity contribution in [2.75, 3.05) is 64.4 Å². The molecule has 1 aromatic carbocycles. The molecule has 2 aliphatic rings. The van der Waals surface area contributed by atoms with Crippen molar-refractivity contribution in [2.45, 2.75) is 18.9 Å². The lowest BCUT2D eigenvalue weighted by molar-refractivity contribution is -0.136. The highest BCUT2D eigenvalue weighted by atomic mass is 32.2. The van der Waals surface area contributed by atoms with Gasteiger partial charge in [0, 0.05) is 18.7 Å². The molecule has 1 unspecified atom stereocenters. The molecule has 2 heterocycles. The fraction of sp³-hybridized carbons (Fsp3) is 0.545. The van der Waals surface area contributed by atoms with Gasteiger partial charge in [-0.25, -0.2) is 0 Å². The highest BCUT2D eigenvalue weighted by Gasteiger charge is 2.45. The molecule has 36 heavy (non-hydrogen) atoms. The maximum absolute atomic E-state index is 13.0. The summed E-state index contributed by atoms with van der Waals surface area (Å²) in [6, 6.07) is 3.83. The van der Waals surface area contributed by atoms with Crippen LogP contribution in [0.25, 0.3) is 0 Å². The smallest absolute Gasteiger partial charge is 0.264 e. The van der Waals surface area contributed by atoms with E-state index in [1.165, 1.54) is 6.07 Å². The second kappa shape index (κ2) is 12.9.